The van der Waals surface area contributed by atoms with Gasteiger partial charge >= 0.3 is 0 Å². The van der Waals surface area contributed by atoms with E-state index in [0.29, 0.717) is 11.3 Å². The van der Waals surface area contributed by atoms with Crippen LogP contribution in [0.2, 0.25) is 0 Å². The maximum atomic E-state index is 13.7. The average Bonchev–Trinajstić information content (AvgIpc) is 2.34. The molecule has 6 heteroatoms. The van der Waals surface area contributed by atoms with Crippen molar-refractivity contribution in [2.75, 3.05) is 12.8 Å². The molecule has 0 fully saturated rings. The molecular weight excluding hydrogens is 237 g/mol. The van der Waals surface area contributed by atoms with Crippen LogP contribution in [0.15, 0.2) is 35.3 Å². The Labute approximate surface area is 103 Å². The van der Waals surface area contributed by atoms with Crippen molar-refractivity contribution >= 4 is 5.69 Å². The highest BCUT2D eigenvalue weighted by molar-refractivity contribution is 5.32. The van der Waals surface area contributed by atoms with Gasteiger partial charge in [0.15, 0.2) is 0 Å². The molecule has 2 N–H and O–H groups in total. The number of ether oxygens (including phenoxy) is 1. The monoisotopic (exact) mass is 249 g/mol. The summed E-state index contributed by atoms with van der Waals surface area (Å²) >= 11 is 0. The topological polar surface area (TPSA) is 70.1 Å². The smallest absolute Gasteiger partial charge is 0.269 e. The van der Waals surface area contributed by atoms with E-state index in [9.17, 15) is 9.18 Å². The van der Waals surface area contributed by atoms with E-state index in [2.05, 4.69) is 5.10 Å². The van der Waals surface area contributed by atoms with Crippen LogP contribution in [-0.4, -0.2) is 16.9 Å². The van der Waals surface area contributed by atoms with Gasteiger partial charge in [-0.2, -0.15) is 5.10 Å². The lowest BCUT2D eigenvalue weighted by Crippen LogP contribution is -2.23. The average molecular weight is 249 g/mol. The van der Waals surface area contributed by atoms with Gasteiger partial charge in [0, 0.05) is 17.7 Å². The fraction of sp³-hybridized carbons (Fsp3) is 0.167. The number of hydrogen-bond acceptors (Lipinski definition) is 4. The summed E-state index contributed by atoms with van der Waals surface area (Å²) < 4.78 is 19.7. The molecule has 0 atom stereocenters. The van der Waals surface area contributed by atoms with Gasteiger partial charge in [-0.3, -0.25) is 4.79 Å². The molecule has 2 rings (SSSR count). The Morgan fingerprint density at radius 2 is 2.22 bits per heavy atom. The summed E-state index contributed by atoms with van der Waals surface area (Å²) in [5, 5.41) is 3.84. The molecule has 1 aromatic carbocycles. The molecule has 18 heavy (non-hydrogen) atoms. The number of nitrogens with two attached hydrogens (primary N) is 1. The molecule has 94 valence electrons. The first-order chi connectivity index (χ1) is 8.60. The molecule has 0 unspecified atom stereocenters. The summed E-state index contributed by atoms with van der Waals surface area (Å²) in [7, 11) is 1.46. The highest BCUT2D eigenvalue weighted by Crippen LogP contribution is 2.16. The number of aromatic nitrogens is 2. The van der Waals surface area contributed by atoms with Crippen molar-refractivity contribution in [2.24, 2.45) is 0 Å². The van der Waals surface area contributed by atoms with Gasteiger partial charge in [0.25, 0.3) is 5.56 Å². The minimum absolute atomic E-state index is 0.0505. The Balaban J connectivity index is 2.31. The number of nitrogen functional groups attached to an aromatic ring is 1. The molecule has 0 aliphatic heterocycles. The van der Waals surface area contributed by atoms with Crippen LogP contribution in [0.3, 0.4) is 0 Å². The second-order valence-corrected chi connectivity index (χ2v) is 3.74. The van der Waals surface area contributed by atoms with Crippen LogP contribution < -0.4 is 16.0 Å². The van der Waals surface area contributed by atoms with Crippen molar-refractivity contribution in [3.05, 3.63) is 52.2 Å². The van der Waals surface area contributed by atoms with E-state index in [4.69, 9.17) is 10.5 Å². The third kappa shape index (κ3) is 2.48. The zero-order valence-electron chi connectivity index (χ0n) is 9.76. The largest absolute Gasteiger partial charge is 0.497 e. The zero-order valence-corrected chi connectivity index (χ0v) is 9.76. The Morgan fingerprint density at radius 3 is 2.83 bits per heavy atom. The fourth-order valence-corrected chi connectivity index (χ4v) is 1.51. The van der Waals surface area contributed by atoms with Crippen LogP contribution in [0.25, 0.3) is 0 Å². The van der Waals surface area contributed by atoms with E-state index >= 15 is 0 Å². The summed E-state index contributed by atoms with van der Waals surface area (Å²) in [6.45, 7) is 0.0505. The van der Waals surface area contributed by atoms with Gasteiger partial charge < -0.3 is 10.5 Å². The summed E-state index contributed by atoms with van der Waals surface area (Å²) in [5.74, 6) is -0.0197. The second-order valence-electron chi connectivity index (χ2n) is 3.74. The Kier molecular flexibility index (Phi) is 3.27. The molecule has 0 aliphatic rings. The van der Waals surface area contributed by atoms with Crippen LogP contribution in [0.1, 0.15) is 5.56 Å². The highest BCUT2D eigenvalue weighted by atomic mass is 19.1. The van der Waals surface area contributed by atoms with Crippen LogP contribution in [-0.2, 0) is 6.54 Å². The summed E-state index contributed by atoms with van der Waals surface area (Å²) in [6.07, 6.45) is 1.35. The number of halogens is 1. The molecule has 0 aliphatic carbocycles. The van der Waals surface area contributed by atoms with Crippen molar-refractivity contribution in [3.63, 3.8) is 0 Å². The van der Waals surface area contributed by atoms with Gasteiger partial charge in [-0.15, -0.1) is 0 Å². The number of rotatable bonds is 3. The van der Waals surface area contributed by atoms with E-state index in [1.54, 1.807) is 12.1 Å². The number of benzene rings is 1. The molecule has 0 amide bonds. The first kappa shape index (κ1) is 12.1. The third-order valence-electron chi connectivity index (χ3n) is 2.47. The number of nitrogens with zero attached hydrogens (tertiary/aromatic N) is 2. The number of anilines is 1. The van der Waals surface area contributed by atoms with Crippen LogP contribution >= 0.6 is 0 Å². The van der Waals surface area contributed by atoms with Crippen LogP contribution in [0, 0.1) is 5.82 Å². The van der Waals surface area contributed by atoms with E-state index in [1.807, 2.05) is 0 Å². The molecule has 0 radical (unpaired) electrons. The Bertz CT molecular complexity index is 625. The number of hydrogen-bond donors (Lipinski definition) is 1. The molecule has 2 aromatic rings. The predicted molar refractivity (Wildman–Crippen MR) is 65.0 cm³/mol. The molecular formula is C12H12FN3O2. The zero-order chi connectivity index (χ0) is 13.1. The van der Waals surface area contributed by atoms with Crippen molar-refractivity contribution < 1.29 is 9.13 Å². The van der Waals surface area contributed by atoms with Crippen molar-refractivity contribution in [3.8, 4) is 5.75 Å². The van der Waals surface area contributed by atoms with Crippen molar-refractivity contribution in [1.29, 1.82) is 0 Å². The quantitative estimate of drug-likeness (QED) is 0.881. The lowest BCUT2D eigenvalue weighted by atomic mass is 10.2. The van der Waals surface area contributed by atoms with E-state index in [-0.39, 0.29) is 17.8 Å². The predicted octanol–water partition coefficient (Wildman–Crippen LogP) is 1.02. The molecule has 1 aromatic heterocycles. The maximum Gasteiger partial charge on any atom is 0.269 e. The summed E-state index contributed by atoms with van der Waals surface area (Å²) in [5.41, 5.74) is 5.69. The van der Waals surface area contributed by atoms with Gasteiger partial charge in [-0.1, -0.05) is 6.07 Å². The fourth-order valence-electron chi connectivity index (χ4n) is 1.51. The van der Waals surface area contributed by atoms with Crippen LogP contribution in [0.4, 0.5) is 10.1 Å². The molecule has 0 spiro atoms. The lowest BCUT2D eigenvalue weighted by molar-refractivity contribution is 0.410. The minimum Gasteiger partial charge on any atom is -0.497 e. The van der Waals surface area contributed by atoms with Gasteiger partial charge in [0.1, 0.15) is 11.6 Å². The molecule has 0 saturated heterocycles. The summed E-state index contributed by atoms with van der Waals surface area (Å²) in [6, 6.07) is 5.69. The van der Waals surface area contributed by atoms with Gasteiger partial charge in [-0.25, -0.2) is 9.07 Å². The SMILES string of the molecule is COc1ccc(Cn2ncc(N)cc2=O)c(F)c1. The first-order valence-corrected chi connectivity index (χ1v) is 5.25. The molecule has 0 saturated carbocycles. The first-order valence-electron chi connectivity index (χ1n) is 5.25. The lowest BCUT2D eigenvalue weighted by Gasteiger charge is -2.07. The number of methoxy groups -OCH3 is 1. The maximum absolute atomic E-state index is 13.7. The van der Waals surface area contributed by atoms with Crippen molar-refractivity contribution in [2.45, 2.75) is 6.54 Å². The molecule has 5 nitrogen and oxygen atoms in total. The van der Waals surface area contributed by atoms with Gasteiger partial charge in [-0.05, 0) is 6.07 Å². The standard InChI is InChI=1S/C12H12FN3O2/c1-18-10-3-2-8(11(13)5-10)7-16-12(17)4-9(14)6-15-16/h2-6H,7,14H2,1H3. The Morgan fingerprint density at radius 1 is 1.44 bits per heavy atom. The summed E-state index contributed by atoms with van der Waals surface area (Å²) in [4.78, 5) is 11.6. The van der Waals surface area contributed by atoms with Gasteiger partial charge in [0.05, 0.1) is 25.5 Å². The van der Waals surface area contributed by atoms with E-state index < -0.39 is 5.82 Å². The third-order valence-corrected chi connectivity index (χ3v) is 2.47. The van der Waals surface area contributed by atoms with Crippen molar-refractivity contribution in [1.82, 2.24) is 9.78 Å². The molecule has 1 heterocycles. The van der Waals surface area contributed by atoms with E-state index in [0.717, 1.165) is 4.68 Å². The van der Waals surface area contributed by atoms with Crippen LogP contribution in [0.5, 0.6) is 5.75 Å². The highest BCUT2D eigenvalue weighted by Gasteiger charge is 2.06. The minimum atomic E-state index is -0.445. The Hall–Kier alpha value is -2.37. The second kappa shape index (κ2) is 4.87. The normalized spacial score (nSPS) is 10.3. The van der Waals surface area contributed by atoms with Gasteiger partial charge in [0.2, 0.25) is 0 Å². The molecule has 0 bridgehead atoms. The van der Waals surface area contributed by atoms with E-state index in [1.165, 1.54) is 25.4 Å².